The summed E-state index contributed by atoms with van der Waals surface area (Å²) in [5.74, 6) is 0. The Morgan fingerprint density at radius 1 is 1.38 bits per heavy atom. The van der Waals surface area contributed by atoms with Crippen molar-refractivity contribution in [2.75, 3.05) is 6.61 Å². The highest BCUT2D eigenvalue weighted by atomic mass is 28.3. The summed E-state index contributed by atoms with van der Waals surface area (Å²) in [6, 6.07) is 9.90. The van der Waals surface area contributed by atoms with Crippen molar-refractivity contribution in [1.29, 1.82) is 0 Å². The summed E-state index contributed by atoms with van der Waals surface area (Å²) >= 11 is 0. The Balaban J connectivity index is 2.28. The third-order valence-electron chi connectivity index (χ3n) is 3.11. The van der Waals surface area contributed by atoms with Crippen molar-refractivity contribution in [2.45, 2.75) is 32.2 Å². The van der Waals surface area contributed by atoms with Gasteiger partial charge in [0, 0.05) is 6.61 Å². The molecule has 0 atom stereocenters. The zero-order chi connectivity index (χ0) is 11.4. The van der Waals surface area contributed by atoms with Crippen molar-refractivity contribution in [3.8, 4) is 0 Å². The standard InChI is InChI=1S/C14H19OSi/c1-3-12(2)13-8-4-5-9-14(13)16-11-7-6-10-15-16/h4-5,8-9H,2-3,6-7,10-11H2,1H3. The Hall–Kier alpha value is -0.863. The molecule has 1 radical (unpaired) electrons. The fraction of sp³-hybridized carbons (Fsp3) is 0.429. The van der Waals surface area contributed by atoms with Crippen molar-refractivity contribution < 1.29 is 4.43 Å². The van der Waals surface area contributed by atoms with E-state index in [9.17, 15) is 0 Å². The predicted octanol–water partition coefficient (Wildman–Crippen LogP) is 3.12. The molecule has 1 heterocycles. The zero-order valence-electron chi connectivity index (χ0n) is 9.96. The second-order valence-corrected chi connectivity index (χ2v) is 6.41. The molecule has 2 rings (SSSR count). The minimum atomic E-state index is -0.771. The van der Waals surface area contributed by atoms with Crippen molar-refractivity contribution in [1.82, 2.24) is 0 Å². The summed E-state index contributed by atoms with van der Waals surface area (Å²) in [5.41, 5.74) is 2.57. The summed E-state index contributed by atoms with van der Waals surface area (Å²) in [4.78, 5) is 0. The summed E-state index contributed by atoms with van der Waals surface area (Å²) in [6.45, 7) is 7.27. The predicted molar refractivity (Wildman–Crippen MR) is 71.1 cm³/mol. The van der Waals surface area contributed by atoms with E-state index in [2.05, 4.69) is 37.8 Å². The lowest BCUT2D eigenvalue weighted by molar-refractivity contribution is 0.294. The van der Waals surface area contributed by atoms with E-state index < -0.39 is 9.04 Å². The van der Waals surface area contributed by atoms with Crippen LogP contribution >= 0.6 is 0 Å². The zero-order valence-corrected chi connectivity index (χ0v) is 11.0. The Bertz CT molecular complexity index is 367. The Kier molecular flexibility index (Phi) is 3.96. The van der Waals surface area contributed by atoms with Crippen LogP contribution in [0, 0.1) is 0 Å². The molecule has 85 valence electrons. The molecule has 16 heavy (non-hydrogen) atoms. The van der Waals surface area contributed by atoms with Crippen molar-refractivity contribution in [3.63, 3.8) is 0 Å². The molecule has 0 amide bonds. The number of benzene rings is 1. The molecule has 0 N–H and O–H groups in total. The second-order valence-electron chi connectivity index (χ2n) is 4.23. The molecule has 1 nitrogen and oxygen atoms in total. The molecule has 2 heteroatoms. The minimum Gasteiger partial charge on any atom is -0.412 e. The maximum atomic E-state index is 5.96. The Morgan fingerprint density at radius 2 is 2.19 bits per heavy atom. The normalized spacial score (nSPS) is 17.3. The van der Waals surface area contributed by atoms with Gasteiger partial charge in [0.05, 0.1) is 0 Å². The van der Waals surface area contributed by atoms with Crippen LogP contribution in [0.3, 0.4) is 0 Å². The van der Waals surface area contributed by atoms with Gasteiger partial charge in [-0.3, -0.25) is 0 Å². The van der Waals surface area contributed by atoms with Crippen molar-refractivity contribution in [3.05, 3.63) is 36.4 Å². The molecule has 1 aliphatic heterocycles. The lowest BCUT2D eigenvalue weighted by atomic mass is 10.1. The fourth-order valence-electron chi connectivity index (χ4n) is 2.09. The molecular weight excluding hydrogens is 212 g/mol. The summed E-state index contributed by atoms with van der Waals surface area (Å²) < 4.78 is 5.96. The molecule has 1 fully saturated rings. The minimum absolute atomic E-state index is 0.771. The van der Waals surface area contributed by atoms with Gasteiger partial charge in [0.25, 0.3) is 0 Å². The third kappa shape index (κ3) is 2.44. The van der Waals surface area contributed by atoms with Gasteiger partial charge in [-0.15, -0.1) is 0 Å². The van der Waals surface area contributed by atoms with E-state index in [1.807, 2.05) is 0 Å². The second kappa shape index (κ2) is 5.46. The van der Waals surface area contributed by atoms with Crippen molar-refractivity contribution in [2.24, 2.45) is 0 Å². The van der Waals surface area contributed by atoms with E-state index in [0.29, 0.717) is 0 Å². The average molecular weight is 231 g/mol. The first-order valence-corrected chi connectivity index (χ1v) is 7.70. The monoisotopic (exact) mass is 231 g/mol. The molecule has 1 saturated heterocycles. The fourth-order valence-corrected chi connectivity index (χ4v) is 4.47. The highest BCUT2D eigenvalue weighted by molar-refractivity contribution is 6.68. The van der Waals surface area contributed by atoms with E-state index in [-0.39, 0.29) is 0 Å². The Labute approximate surface area is 99.9 Å². The van der Waals surface area contributed by atoms with Crippen molar-refractivity contribution >= 4 is 19.8 Å². The van der Waals surface area contributed by atoms with Crippen LogP contribution in [0.2, 0.25) is 6.04 Å². The number of rotatable bonds is 3. The van der Waals surface area contributed by atoms with Gasteiger partial charge in [0.1, 0.15) is 0 Å². The number of hydrogen-bond donors (Lipinski definition) is 0. The van der Waals surface area contributed by atoms with E-state index in [0.717, 1.165) is 13.0 Å². The molecule has 0 bridgehead atoms. The summed E-state index contributed by atoms with van der Waals surface area (Å²) in [6.07, 6.45) is 3.57. The third-order valence-corrected chi connectivity index (χ3v) is 5.51. The molecule has 1 aromatic carbocycles. The lowest BCUT2D eigenvalue weighted by Crippen LogP contribution is -2.38. The van der Waals surface area contributed by atoms with E-state index in [1.54, 1.807) is 0 Å². The van der Waals surface area contributed by atoms with E-state index >= 15 is 0 Å². The maximum absolute atomic E-state index is 5.96. The van der Waals surface area contributed by atoms with Crippen LogP contribution in [0.25, 0.3) is 5.57 Å². The van der Waals surface area contributed by atoms with Crippen LogP contribution in [-0.2, 0) is 4.43 Å². The average Bonchev–Trinajstić information content (AvgIpc) is 2.39. The topological polar surface area (TPSA) is 9.23 Å². The van der Waals surface area contributed by atoms with E-state index in [1.165, 1.54) is 35.2 Å². The van der Waals surface area contributed by atoms with E-state index in [4.69, 9.17) is 4.43 Å². The first kappa shape index (κ1) is 11.6. The molecule has 1 aromatic rings. The van der Waals surface area contributed by atoms with Gasteiger partial charge < -0.3 is 4.43 Å². The smallest absolute Gasteiger partial charge is 0.247 e. The first-order chi connectivity index (χ1) is 7.83. The maximum Gasteiger partial charge on any atom is 0.247 e. The SMILES string of the molecule is C=C(CC)c1ccccc1[Si]1CCCCO1. The quantitative estimate of drug-likeness (QED) is 0.726. The highest BCUT2D eigenvalue weighted by Crippen LogP contribution is 2.18. The largest absolute Gasteiger partial charge is 0.412 e. The summed E-state index contributed by atoms with van der Waals surface area (Å²) in [5, 5.41) is 1.43. The molecule has 1 aliphatic rings. The lowest BCUT2D eigenvalue weighted by Gasteiger charge is -2.23. The van der Waals surface area contributed by atoms with Gasteiger partial charge in [0.2, 0.25) is 9.04 Å². The first-order valence-electron chi connectivity index (χ1n) is 6.09. The molecular formula is C14H19OSi. The number of allylic oxidation sites excluding steroid dienone is 1. The Morgan fingerprint density at radius 3 is 2.88 bits per heavy atom. The van der Waals surface area contributed by atoms with Gasteiger partial charge in [-0.1, -0.05) is 44.2 Å². The molecule has 0 spiro atoms. The van der Waals surface area contributed by atoms with Crippen LogP contribution < -0.4 is 5.19 Å². The van der Waals surface area contributed by atoms with Gasteiger partial charge in [-0.2, -0.15) is 0 Å². The van der Waals surface area contributed by atoms with Crippen LogP contribution in [0.15, 0.2) is 30.8 Å². The number of hydrogen-bond acceptors (Lipinski definition) is 1. The highest BCUT2D eigenvalue weighted by Gasteiger charge is 2.22. The van der Waals surface area contributed by atoms with Gasteiger partial charge in [-0.05, 0) is 35.2 Å². The van der Waals surface area contributed by atoms with Crippen LogP contribution in [0.5, 0.6) is 0 Å². The molecule has 0 saturated carbocycles. The molecule has 0 aromatic heterocycles. The molecule has 0 unspecified atom stereocenters. The van der Waals surface area contributed by atoms with Gasteiger partial charge in [0.15, 0.2) is 0 Å². The van der Waals surface area contributed by atoms with Crippen LogP contribution in [0.1, 0.15) is 31.7 Å². The van der Waals surface area contributed by atoms with Crippen LogP contribution in [-0.4, -0.2) is 15.6 Å². The van der Waals surface area contributed by atoms with Gasteiger partial charge >= 0.3 is 0 Å². The van der Waals surface area contributed by atoms with Crippen LogP contribution in [0.4, 0.5) is 0 Å². The van der Waals surface area contributed by atoms with Gasteiger partial charge in [-0.25, -0.2) is 0 Å². The summed E-state index contributed by atoms with van der Waals surface area (Å²) in [7, 11) is -0.771. The molecule has 0 aliphatic carbocycles.